The molecule has 1 aliphatic rings. The van der Waals surface area contributed by atoms with Gasteiger partial charge in [-0.15, -0.1) is 10.2 Å². The lowest BCUT2D eigenvalue weighted by molar-refractivity contribution is -0.134. The lowest BCUT2D eigenvalue weighted by atomic mass is 9.87. The van der Waals surface area contributed by atoms with E-state index in [0.717, 1.165) is 9.91 Å². The average molecular weight is 387 g/mol. The Hall–Kier alpha value is -2.81. The number of amides is 4. The van der Waals surface area contributed by atoms with Crippen LogP contribution in [0.25, 0.3) is 0 Å². The molecular weight excluding hydrogens is 366 g/mol. The number of hydrogen-bond donors (Lipinski definition) is 2. The monoisotopic (exact) mass is 387 g/mol. The summed E-state index contributed by atoms with van der Waals surface area (Å²) < 4.78 is 0. The fourth-order valence-electron chi connectivity index (χ4n) is 2.95. The van der Waals surface area contributed by atoms with Gasteiger partial charge in [0.15, 0.2) is 0 Å². The third-order valence-electron chi connectivity index (χ3n) is 4.46. The molecule has 2 aromatic rings. The van der Waals surface area contributed by atoms with Crippen LogP contribution in [-0.2, 0) is 15.1 Å². The topological polar surface area (TPSA) is 104 Å². The summed E-state index contributed by atoms with van der Waals surface area (Å²) in [6.45, 7) is 5.40. The highest BCUT2D eigenvalue weighted by molar-refractivity contribution is 7.15. The minimum atomic E-state index is -1.15. The Labute approximate surface area is 161 Å². The van der Waals surface area contributed by atoms with Crippen molar-refractivity contribution in [2.24, 2.45) is 0 Å². The minimum Gasteiger partial charge on any atom is -0.319 e. The van der Waals surface area contributed by atoms with Crippen molar-refractivity contribution in [3.8, 4) is 0 Å². The summed E-state index contributed by atoms with van der Waals surface area (Å²) in [7, 11) is 0. The number of hydrogen-bond acceptors (Lipinski definition) is 6. The number of nitrogens with one attached hydrogen (secondary N) is 2. The molecule has 2 N–H and O–H groups in total. The summed E-state index contributed by atoms with van der Waals surface area (Å²) in [5, 5.41) is 14.4. The van der Waals surface area contributed by atoms with Gasteiger partial charge in [0.05, 0.1) is 0 Å². The first kappa shape index (κ1) is 19.0. The number of urea groups is 1. The second-order valence-electron chi connectivity index (χ2n) is 6.59. The van der Waals surface area contributed by atoms with Crippen LogP contribution >= 0.6 is 11.3 Å². The third-order valence-corrected chi connectivity index (χ3v) is 5.59. The normalized spacial score (nSPS) is 19.5. The van der Waals surface area contributed by atoms with Crippen molar-refractivity contribution < 1.29 is 14.4 Å². The molecule has 1 saturated heterocycles. The Morgan fingerprint density at radius 1 is 1.26 bits per heavy atom. The zero-order valence-electron chi connectivity index (χ0n) is 15.4. The van der Waals surface area contributed by atoms with Crippen LogP contribution in [0.5, 0.6) is 0 Å². The van der Waals surface area contributed by atoms with Gasteiger partial charge >= 0.3 is 6.03 Å². The molecule has 27 heavy (non-hydrogen) atoms. The van der Waals surface area contributed by atoms with Gasteiger partial charge in [0.25, 0.3) is 5.91 Å². The fraction of sp³-hybridized carbons (Fsp3) is 0.389. The van der Waals surface area contributed by atoms with Crippen molar-refractivity contribution in [1.82, 2.24) is 20.4 Å². The van der Waals surface area contributed by atoms with Crippen molar-refractivity contribution >= 4 is 34.3 Å². The largest absolute Gasteiger partial charge is 0.325 e. The van der Waals surface area contributed by atoms with E-state index >= 15 is 0 Å². The molecule has 142 valence electrons. The highest BCUT2D eigenvalue weighted by atomic mass is 32.1. The molecule has 1 aromatic heterocycles. The van der Waals surface area contributed by atoms with Crippen molar-refractivity contribution in [2.45, 2.75) is 38.6 Å². The number of aromatic nitrogens is 2. The van der Waals surface area contributed by atoms with Crippen LogP contribution in [0, 0.1) is 0 Å². The first-order valence-corrected chi connectivity index (χ1v) is 9.52. The maximum absolute atomic E-state index is 13.0. The smallest absolute Gasteiger partial charge is 0.319 e. The molecule has 3 rings (SSSR count). The summed E-state index contributed by atoms with van der Waals surface area (Å²) in [5.41, 5.74) is -0.453. The Balaban J connectivity index is 1.74. The molecule has 0 spiro atoms. The summed E-state index contributed by atoms with van der Waals surface area (Å²) in [5.74, 6) is -0.725. The standard InChI is InChI=1S/C18H21N5O3S/c1-4-18(12-8-6-5-7-9-12)15(25)23(17(26)20-18)10-13(24)19-16-22-21-14(27-16)11(2)3/h5-9,11H,4,10H2,1-3H3,(H,20,26)(H,19,22,24)/t18-/m0/s1. The van der Waals surface area contributed by atoms with Crippen LogP contribution in [0.15, 0.2) is 30.3 Å². The number of imide groups is 1. The van der Waals surface area contributed by atoms with Crippen molar-refractivity contribution in [3.63, 3.8) is 0 Å². The van der Waals surface area contributed by atoms with Gasteiger partial charge in [-0.2, -0.15) is 0 Å². The van der Waals surface area contributed by atoms with Crippen LogP contribution in [0.1, 0.15) is 43.7 Å². The van der Waals surface area contributed by atoms with E-state index in [4.69, 9.17) is 0 Å². The van der Waals surface area contributed by atoms with Gasteiger partial charge in [-0.1, -0.05) is 62.4 Å². The zero-order valence-corrected chi connectivity index (χ0v) is 16.2. The van der Waals surface area contributed by atoms with Gasteiger partial charge in [-0.05, 0) is 12.0 Å². The van der Waals surface area contributed by atoms with Crippen molar-refractivity contribution in [3.05, 3.63) is 40.9 Å². The SMILES string of the molecule is CC[C@@]1(c2ccccc2)NC(=O)N(CC(=O)Nc2nnc(C(C)C)s2)C1=O. The highest BCUT2D eigenvalue weighted by Crippen LogP contribution is 2.32. The van der Waals surface area contributed by atoms with E-state index in [-0.39, 0.29) is 12.5 Å². The maximum Gasteiger partial charge on any atom is 0.325 e. The van der Waals surface area contributed by atoms with Gasteiger partial charge in [0, 0.05) is 5.92 Å². The predicted octanol–water partition coefficient (Wildman–Crippen LogP) is 2.46. The van der Waals surface area contributed by atoms with E-state index in [2.05, 4.69) is 20.8 Å². The maximum atomic E-state index is 13.0. The van der Waals surface area contributed by atoms with Gasteiger partial charge in [0.2, 0.25) is 11.0 Å². The number of benzene rings is 1. The second-order valence-corrected chi connectivity index (χ2v) is 7.60. The Kier molecular flexibility index (Phi) is 5.22. The Morgan fingerprint density at radius 2 is 1.96 bits per heavy atom. The highest BCUT2D eigenvalue weighted by Gasteiger charge is 2.51. The van der Waals surface area contributed by atoms with E-state index in [0.29, 0.717) is 17.1 Å². The molecule has 1 aliphatic heterocycles. The lowest BCUT2D eigenvalue weighted by Gasteiger charge is -2.25. The van der Waals surface area contributed by atoms with E-state index in [1.165, 1.54) is 11.3 Å². The van der Waals surface area contributed by atoms with Crippen molar-refractivity contribution in [1.29, 1.82) is 0 Å². The minimum absolute atomic E-state index is 0.204. The molecule has 0 aliphatic carbocycles. The molecule has 4 amide bonds. The Bertz CT molecular complexity index is 867. The Morgan fingerprint density at radius 3 is 2.56 bits per heavy atom. The molecule has 0 saturated carbocycles. The summed E-state index contributed by atoms with van der Waals surface area (Å²) in [6.07, 6.45) is 0.383. The molecule has 0 radical (unpaired) electrons. The number of carbonyl (C=O) groups is 3. The predicted molar refractivity (Wildman–Crippen MR) is 101 cm³/mol. The first-order chi connectivity index (χ1) is 12.9. The van der Waals surface area contributed by atoms with E-state index in [1.54, 1.807) is 12.1 Å². The zero-order chi connectivity index (χ0) is 19.6. The van der Waals surface area contributed by atoms with Gasteiger partial charge < -0.3 is 5.32 Å². The first-order valence-electron chi connectivity index (χ1n) is 8.70. The summed E-state index contributed by atoms with van der Waals surface area (Å²) in [6, 6.07) is 8.46. The van der Waals surface area contributed by atoms with Crippen molar-refractivity contribution in [2.75, 3.05) is 11.9 Å². The molecule has 1 aromatic carbocycles. The molecule has 0 bridgehead atoms. The van der Waals surface area contributed by atoms with E-state index < -0.39 is 23.4 Å². The molecule has 0 unspecified atom stereocenters. The number of nitrogens with zero attached hydrogens (tertiary/aromatic N) is 3. The molecular formula is C18H21N5O3S. The van der Waals surface area contributed by atoms with E-state index in [9.17, 15) is 14.4 Å². The molecule has 8 nitrogen and oxygen atoms in total. The van der Waals surface area contributed by atoms with Crippen LogP contribution in [0.4, 0.5) is 9.93 Å². The number of carbonyl (C=O) groups excluding carboxylic acids is 3. The van der Waals surface area contributed by atoms with Crippen LogP contribution in [-0.4, -0.2) is 39.5 Å². The number of rotatable bonds is 6. The van der Waals surface area contributed by atoms with E-state index in [1.807, 2.05) is 39.0 Å². The van der Waals surface area contributed by atoms with Crippen LogP contribution in [0.3, 0.4) is 0 Å². The van der Waals surface area contributed by atoms with Crippen LogP contribution < -0.4 is 10.6 Å². The molecule has 9 heteroatoms. The van der Waals surface area contributed by atoms with Crippen LogP contribution in [0.2, 0.25) is 0 Å². The molecule has 2 heterocycles. The van der Waals surface area contributed by atoms with Gasteiger partial charge in [-0.3, -0.25) is 19.8 Å². The summed E-state index contributed by atoms with van der Waals surface area (Å²) >= 11 is 1.27. The van der Waals surface area contributed by atoms with Gasteiger partial charge in [0.1, 0.15) is 17.1 Å². The average Bonchev–Trinajstić information content (AvgIpc) is 3.21. The quantitative estimate of drug-likeness (QED) is 0.741. The number of anilines is 1. The second kappa shape index (κ2) is 7.43. The third kappa shape index (κ3) is 3.55. The lowest BCUT2D eigenvalue weighted by Crippen LogP contribution is -2.44. The summed E-state index contributed by atoms with van der Waals surface area (Å²) in [4.78, 5) is 38.7. The fourth-order valence-corrected chi connectivity index (χ4v) is 3.71. The molecule has 1 atom stereocenters. The molecule has 1 fully saturated rings. The van der Waals surface area contributed by atoms with Gasteiger partial charge in [-0.25, -0.2) is 4.79 Å².